The quantitative estimate of drug-likeness (QED) is 0.249. The van der Waals surface area contributed by atoms with Crippen LogP contribution in [0.5, 0.6) is 0 Å². The Morgan fingerprint density at radius 1 is 1.03 bits per heavy atom. The Hall–Kier alpha value is -2.90. The lowest BCUT2D eigenvalue weighted by Crippen LogP contribution is -2.28. The molecule has 1 aliphatic carbocycles. The number of rotatable bonds is 5. The highest BCUT2D eigenvalue weighted by atomic mass is 32.2. The van der Waals surface area contributed by atoms with Gasteiger partial charge in [-0.3, -0.25) is 9.36 Å². The van der Waals surface area contributed by atoms with Gasteiger partial charge >= 0.3 is 5.63 Å². The van der Waals surface area contributed by atoms with Gasteiger partial charge in [0, 0.05) is 23.8 Å². The fourth-order valence-electron chi connectivity index (χ4n) is 4.97. The van der Waals surface area contributed by atoms with E-state index in [1.165, 1.54) is 22.9 Å². The van der Waals surface area contributed by atoms with Crippen molar-refractivity contribution in [2.45, 2.75) is 55.7 Å². The number of para-hydroxylation sites is 1. The molecule has 0 radical (unpaired) electrons. The number of thioether (sulfide) groups is 1. The summed E-state index contributed by atoms with van der Waals surface area (Å²) in [5, 5.41) is 2.23. The second-order valence-corrected chi connectivity index (χ2v) is 9.75. The smallest absolute Gasteiger partial charge is 0.336 e. The van der Waals surface area contributed by atoms with E-state index in [0.29, 0.717) is 33.9 Å². The van der Waals surface area contributed by atoms with Crippen LogP contribution in [0.1, 0.15) is 36.0 Å². The van der Waals surface area contributed by atoms with Gasteiger partial charge in [0.2, 0.25) is 0 Å². The van der Waals surface area contributed by atoms with E-state index in [1.54, 1.807) is 10.6 Å². The van der Waals surface area contributed by atoms with E-state index in [0.717, 1.165) is 49.7 Å². The Kier molecular flexibility index (Phi) is 5.31. The van der Waals surface area contributed by atoms with Gasteiger partial charge in [0.1, 0.15) is 5.58 Å². The summed E-state index contributed by atoms with van der Waals surface area (Å²) < 4.78 is 13.1. The van der Waals surface area contributed by atoms with Crippen LogP contribution in [0.4, 0.5) is 0 Å². The van der Waals surface area contributed by atoms with Crippen LogP contribution < -0.4 is 11.2 Å². The largest absolute Gasteiger partial charge is 0.423 e. The molecular formula is C26H24N2O4S. The predicted octanol–water partition coefficient (Wildman–Crippen LogP) is 4.46. The lowest BCUT2D eigenvalue weighted by Gasteiger charge is -2.16. The first-order valence-corrected chi connectivity index (χ1v) is 12.5. The zero-order valence-electron chi connectivity index (χ0n) is 18.2. The van der Waals surface area contributed by atoms with Crippen LogP contribution in [0.25, 0.3) is 21.9 Å². The monoisotopic (exact) mass is 460 g/mol. The standard InChI is InChI=1S/C26H24N2O4S/c29-24-13-18(21-11-16-5-3-6-17(16)12-23(21)32-24)15-33-26-27-22-9-2-1-8-20(22)25(30)28(26)14-19-7-4-10-31-19/h1-2,8-9,11-13,19H,3-7,10,14-15H2. The maximum absolute atomic E-state index is 13.3. The van der Waals surface area contributed by atoms with Crippen LogP contribution in [0.2, 0.25) is 0 Å². The van der Waals surface area contributed by atoms with E-state index in [1.807, 2.05) is 30.3 Å². The van der Waals surface area contributed by atoms with Crippen LogP contribution in [-0.4, -0.2) is 22.3 Å². The number of hydrogen-bond acceptors (Lipinski definition) is 6. The van der Waals surface area contributed by atoms with Crippen molar-refractivity contribution >= 4 is 33.6 Å². The fourth-order valence-corrected chi connectivity index (χ4v) is 5.97. The first kappa shape index (κ1) is 20.7. The summed E-state index contributed by atoms with van der Waals surface area (Å²) >= 11 is 1.49. The molecule has 1 aliphatic heterocycles. The van der Waals surface area contributed by atoms with Gasteiger partial charge in [-0.1, -0.05) is 23.9 Å². The molecular weight excluding hydrogens is 436 g/mol. The van der Waals surface area contributed by atoms with Gasteiger partial charge in [-0.05, 0) is 73.1 Å². The van der Waals surface area contributed by atoms with Crippen molar-refractivity contribution in [3.05, 3.63) is 79.9 Å². The predicted molar refractivity (Wildman–Crippen MR) is 129 cm³/mol. The van der Waals surface area contributed by atoms with Crippen LogP contribution in [-0.2, 0) is 29.9 Å². The van der Waals surface area contributed by atoms with Gasteiger partial charge in [-0.15, -0.1) is 0 Å². The third-order valence-corrected chi connectivity index (χ3v) is 7.66. The normalized spacial score (nSPS) is 17.8. The van der Waals surface area contributed by atoms with Gasteiger partial charge in [-0.2, -0.15) is 0 Å². The van der Waals surface area contributed by atoms with Crippen molar-refractivity contribution in [2.24, 2.45) is 0 Å². The SMILES string of the molecule is O=c1cc(CSc2nc3ccccc3c(=O)n2CC2CCCO2)c2cc3c(cc2o1)CCC3. The highest BCUT2D eigenvalue weighted by Crippen LogP contribution is 2.31. The Bertz CT molecular complexity index is 1480. The van der Waals surface area contributed by atoms with Crippen molar-refractivity contribution in [1.82, 2.24) is 9.55 Å². The van der Waals surface area contributed by atoms with Crippen LogP contribution >= 0.6 is 11.8 Å². The summed E-state index contributed by atoms with van der Waals surface area (Å²) in [4.78, 5) is 30.4. The number of fused-ring (bicyclic) bond motifs is 3. The van der Waals surface area contributed by atoms with Gasteiger partial charge in [0.05, 0.1) is 23.6 Å². The Morgan fingerprint density at radius 3 is 2.73 bits per heavy atom. The van der Waals surface area contributed by atoms with E-state index in [4.69, 9.17) is 14.1 Å². The van der Waals surface area contributed by atoms with Gasteiger partial charge in [0.15, 0.2) is 5.16 Å². The van der Waals surface area contributed by atoms with Crippen LogP contribution in [0.15, 0.2) is 61.6 Å². The second-order valence-electron chi connectivity index (χ2n) is 8.81. The summed E-state index contributed by atoms with van der Waals surface area (Å²) in [7, 11) is 0. The molecule has 0 spiro atoms. The fraction of sp³-hybridized carbons (Fsp3) is 0.346. The Balaban J connectivity index is 1.40. The lowest BCUT2D eigenvalue weighted by molar-refractivity contribution is 0.0937. The van der Waals surface area contributed by atoms with Gasteiger partial charge in [-0.25, -0.2) is 9.78 Å². The van der Waals surface area contributed by atoms with E-state index >= 15 is 0 Å². The minimum absolute atomic E-state index is 0.0252. The minimum atomic E-state index is -0.348. The molecule has 0 amide bonds. The molecule has 1 saturated heterocycles. The highest BCUT2D eigenvalue weighted by molar-refractivity contribution is 7.98. The molecule has 0 bridgehead atoms. The van der Waals surface area contributed by atoms with Gasteiger partial charge < -0.3 is 9.15 Å². The van der Waals surface area contributed by atoms with Crippen molar-refractivity contribution < 1.29 is 9.15 Å². The summed E-state index contributed by atoms with van der Waals surface area (Å²) in [6, 6.07) is 13.2. The molecule has 1 atom stereocenters. The molecule has 2 aliphatic rings. The summed E-state index contributed by atoms with van der Waals surface area (Å²) in [6.45, 7) is 1.23. The van der Waals surface area contributed by atoms with Crippen molar-refractivity contribution in [3.8, 4) is 0 Å². The first-order valence-electron chi connectivity index (χ1n) is 11.5. The van der Waals surface area contributed by atoms with Crippen LogP contribution in [0, 0.1) is 0 Å². The van der Waals surface area contributed by atoms with E-state index in [-0.39, 0.29) is 17.3 Å². The number of hydrogen-bond donors (Lipinski definition) is 0. The molecule has 3 heterocycles. The second kappa shape index (κ2) is 8.47. The molecule has 7 heteroatoms. The molecule has 4 aromatic rings. The van der Waals surface area contributed by atoms with E-state index in [2.05, 4.69) is 6.07 Å². The van der Waals surface area contributed by atoms with Crippen molar-refractivity contribution in [2.75, 3.05) is 6.61 Å². The molecule has 168 valence electrons. The average Bonchev–Trinajstić information content (AvgIpc) is 3.50. The van der Waals surface area contributed by atoms with Crippen LogP contribution in [0.3, 0.4) is 0 Å². The number of nitrogens with zero attached hydrogens (tertiary/aromatic N) is 2. The molecule has 33 heavy (non-hydrogen) atoms. The number of aryl methyl sites for hydroxylation is 2. The third kappa shape index (κ3) is 3.89. The molecule has 0 saturated carbocycles. The van der Waals surface area contributed by atoms with E-state index < -0.39 is 0 Å². The third-order valence-electron chi connectivity index (χ3n) is 6.64. The zero-order valence-corrected chi connectivity index (χ0v) is 19.0. The number of benzene rings is 2. The summed E-state index contributed by atoms with van der Waals surface area (Å²) in [6.07, 6.45) is 5.21. The Labute approximate surface area is 194 Å². The maximum atomic E-state index is 13.3. The molecule has 6 rings (SSSR count). The minimum Gasteiger partial charge on any atom is -0.423 e. The highest BCUT2D eigenvalue weighted by Gasteiger charge is 2.21. The van der Waals surface area contributed by atoms with Gasteiger partial charge in [0.25, 0.3) is 5.56 Å². The molecule has 1 fully saturated rings. The number of aromatic nitrogens is 2. The molecule has 2 aromatic heterocycles. The Morgan fingerprint density at radius 2 is 1.88 bits per heavy atom. The summed E-state index contributed by atoms with van der Waals surface area (Å²) in [5.74, 6) is 0.525. The van der Waals surface area contributed by atoms with Crippen molar-refractivity contribution in [3.63, 3.8) is 0 Å². The summed E-state index contributed by atoms with van der Waals surface area (Å²) in [5.41, 5.74) is 4.45. The van der Waals surface area contributed by atoms with E-state index in [9.17, 15) is 9.59 Å². The molecule has 0 N–H and O–H groups in total. The zero-order chi connectivity index (χ0) is 22.4. The molecule has 1 unspecified atom stereocenters. The van der Waals surface area contributed by atoms with Crippen molar-refractivity contribution in [1.29, 1.82) is 0 Å². The molecule has 6 nitrogen and oxygen atoms in total. The lowest BCUT2D eigenvalue weighted by atomic mass is 10.0. The first-order chi connectivity index (χ1) is 16.2. The average molecular weight is 461 g/mol. The molecule has 2 aromatic carbocycles. The topological polar surface area (TPSA) is 74.3 Å². The number of ether oxygens (including phenoxy) is 1. The maximum Gasteiger partial charge on any atom is 0.336 e.